The van der Waals surface area contributed by atoms with E-state index < -0.39 is 21.3 Å². The van der Waals surface area contributed by atoms with E-state index in [1.54, 1.807) is 6.07 Å². The normalized spacial score (nSPS) is 25.7. The van der Waals surface area contributed by atoms with Crippen molar-refractivity contribution in [1.82, 2.24) is 4.72 Å². The first-order valence-corrected chi connectivity index (χ1v) is 8.13. The van der Waals surface area contributed by atoms with Crippen molar-refractivity contribution in [2.24, 2.45) is 5.41 Å². The fourth-order valence-electron chi connectivity index (χ4n) is 2.64. The lowest BCUT2D eigenvalue weighted by atomic mass is 9.86. The summed E-state index contributed by atoms with van der Waals surface area (Å²) in [4.78, 5) is -0.146. The van der Waals surface area contributed by atoms with Gasteiger partial charge in [0.15, 0.2) is 0 Å². The van der Waals surface area contributed by atoms with E-state index in [0.29, 0.717) is 6.42 Å². The Labute approximate surface area is 123 Å². The molecule has 1 aromatic carbocycles. The SMILES string of the molecule is CC1(CO)CCCC1NS(=O)(=O)c1ccc(F)c(C#N)c1. The third-order valence-corrected chi connectivity index (χ3v) is 5.58. The van der Waals surface area contributed by atoms with Crippen LogP contribution in [0.4, 0.5) is 4.39 Å². The second-order valence-corrected chi connectivity index (χ2v) is 7.35. The lowest BCUT2D eigenvalue weighted by molar-refractivity contribution is 0.127. The molecule has 2 atom stereocenters. The molecule has 0 saturated heterocycles. The van der Waals surface area contributed by atoms with Crippen LogP contribution in [-0.4, -0.2) is 26.2 Å². The van der Waals surface area contributed by atoms with Crippen LogP contribution in [0.15, 0.2) is 23.1 Å². The highest BCUT2D eigenvalue weighted by Crippen LogP contribution is 2.38. The van der Waals surface area contributed by atoms with Gasteiger partial charge in [0.1, 0.15) is 11.9 Å². The molecule has 1 aliphatic carbocycles. The van der Waals surface area contributed by atoms with E-state index in [4.69, 9.17) is 5.26 Å². The van der Waals surface area contributed by atoms with Crippen LogP contribution in [0, 0.1) is 22.6 Å². The number of aliphatic hydroxyl groups excluding tert-OH is 1. The average Bonchev–Trinajstić information content (AvgIpc) is 2.80. The van der Waals surface area contributed by atoms with Gasteiger partial charge < -0.3 is 5.11 Å². The molecule has 7 heteroatoms. The average molecular weight is 312 g/mol. The second-order valence-electron chi connectivity index (χ2n) is 5.63. The predicted octanol–water partition coefficient (Wildman–Crippen LogP) is 1.53. The van der Waals surface area contributed by atoms with Gasteiger partial charge in [-0.15, -0.1) is 0 Å². The molecule has 1 aromatic rings. The van der Waals surface area contributed by atoms with Crippen molar-refractivity contribution in [1.29, 1.82) is 5.26 Å². The molecular weight excluding hydrogens is 295 g/mol. The van der Waals surface area contributed by atoms with Gasteiger partial charge in [-0.3, -0.25) is 0 Å². The number of hydrogen-bond donors (Lipinski definition) is 2. The molecule has 0 bridgehead atoms. The summed E-state index contributed by atoms with van der Waals surface area (Å²) >= 11 is 0. The maximum Gasteiger partial charge on any atom is 0.240 e. The summed E-state index contributed by atoms with van der Waals surface area (Å²) < 4.78 is 40.5. The number of benzene rings is 1. The molecule has 2 rings (SSSR count). The number of rotatable bonds is 4. The van der Waals surface area contributed by atoms with E-state index in [0.717, 1.165) is 31.0 Å². The molecule has 5 nitrogen and oxygen atoms in total. The van der Waals surface area contributed by atoms with Gasteiger partial charge in [-0.25, -0.2) is 17.5 Å². The summed E-state index contributed by atoms with van der Waals surface area (Å²) in [5, 5.41) is 18.2. The quantitative estimate of drug-likeness (QED) is 0.882. The minimum atomic E-state index is -3.85. The Bertz CT molecular complexity index is 684. The molecule has 2 N–H and O–H groups in total. The standard InChI is InChI=1S/C14H17FN2O3S/c1-14(9-18)6-2-3-13(14)17-21(19,20)11-4-5-12(15)10(7-11)8-16/h4-5,7,13,17-18H,2-3,6,9H2,1H3. The second kappa shape index (κ2) is 5.72. The number of aliphatic hydroxyl groups is 1. The Kier molecular flexibility index (Phi) is 4.33. The van der Waals surface area contributed by atoms with Crippen LogP contribution in [-0.2, 0) is 10.0 Å². The van der Waals surface area contributed by atoms with Gasteiger partial charge in [0, 0.05) is 18.1 Å². The minimum Gasteiger partial charge on any atom is -0.396 e. The molecule has 0 heterocycles. The number of sulfonamides is 1. The summed E-state index contributed by atoms with van der Waals surface area (Å²) in [6.45, 7) is 1.73. The summed E-state index contributed by atoms with van der Waals surface area (Å²) in [7, 11) is -3.85. The van der Waals surface area contributed by atoms with Crippen LogP contribution >= 0.6 is 0 Å². The van der Waals surface area contributed by atoms with Crippen molar-refractivity contribution in [3.8, 4) is 6.07 Å². The Morgan fingerprint density at radius 3 is 2.90 bits per heavy atom. The molecule has 0 spiro atoms. The van der Waals surface area contributed by atoms with E-state index in [-0.39, 0.29) is 23.1 Å². The van der Waals surface area contributed by atoms with Gasteiger partial charge in [0.05, 0.1) is 10.5 Å². The van der Waals surface area contributed by atoms with Crippen LogP contribution in [0.3, 0.4) is 0 Å². The highest BCUT2D eigenvalue weighted by Gasteiger charge is 2.40. The topological polar surface area (TPSA) is 90.2 Å². The molecule has 0 aromatic heterocycles. The number of nitrogens with one attached hydrogen (secondary N) is 1. The molecule has 21 heavy (non-hydrogen) atoms. The van der Waals surface area contributed by atoms with Gasteiger partial charge in [-0.1, -0.05) is 13.3 Å². The smallest absolute Gasteiger partial charge is 0.240 e. The maximum absolute atomic E-state index is 13.3. The van der Waals surface area contributed by atoms with Gasteiger partial charge in [0.25, 0.3) is 0 Å². The largest absolute Gasteiger partial charge is 0.396 e. The maximum atomic E-state index is 13.3. The number of hydrogen-bond acceptors (Lipinski definition) is 4. The Balaban J connectivity index is 2.29. The molecule has 1 aliphatic rings. The molecule has 0 aliphatic heterocycles. The highest BCUT2D eigenvalue weighted by molar-refractivity contribution is 7.89. The van der Waals surface area contributed by atoms with Crippen LogP contribution in [0.5, 0.6) is 0 Å². The Hall–Kier alpha value is -1.49. The first-order chi connectivity index (χ1) is 9.82. The summed E-state index contributed by atoms with van der Waals surface area (Å²) in [5.41, 5.74) is -0.806. The number of nitriles is 1. The number of nitrogens with zero attached hydrogens (tertiary/aromatic N) is 1. The monoisotopic (exact) mass is 312 g/mol. The zero-order chi connectivity index (χ0) is 15.7. The van der Waals surface area contributed by atoms with Crippen molar-refractivity contribution < 1.29 is 17.9 Å². The van der Waals surface area contributed by atoms with Crippen molar-refractivity contribution in [3.05, 3.63) is 29.6 Å². The highest BCUT2D eigenvalue weighted by atomic mass is 32.2. The van der Waals surface area contributed by atoms with Crippen LogP contribution in [0.25, 0.3) is 0 Å². The van der Waals surface area contributed by atoms with Crippen molar-refractivity contribution >= 4 is 10.0 Å². The fourth-order valence-corrected chi connectivity index (χ4v) is 4.07. The number of halogens is 1. The fraction of sp³-hybridized carbons (Fsp3) is 0.500. The van der Waals surface area contributed by atoms with Crippen LogP contribution < -0.4 is 4.72 Å². The predicted molar refractivity (Wildman–Crippen MR) is 74.3 cm³/mol. The zero-order valence-corrected chi connectivity index (χ0v) is 12.5. The van der Waals surface area contributed by atoms with Crippen LogP contribution in [0.1, 0.15) is 31.7 Å². The van der Waals surface area contributed by atoms with Crippen molar-refractivity contribution in [3.63, 3.8) is 0 Å². The van der Waals surface area contributed by atoms with E-state index in [2.05, 4.69) is 4.72 Å². The molecule has 1 fully saturated rings. The first-order valence-electron chi connectivity index (χ1n) is 6.65. The Morgan fingerprint density at radius 1 is 1.57 bits per heavy atom. The van der Waals surface area contributed by atoms with Crippen molar-refractivity contribution in [2.45, 2.75) is 37.1 Å². The van der Waals surface area contributed by atoms with Gasteiger partial charge in [0.2, 0.25) is 10.0 Å². The minimum absolute atomic E-state index is 0.104. The summed E-state index contributed by atoms with van der Waals surface area (Å²) in [6.07, 6.45) is 2.21. The van der Waals surface area contributed by atoms with Gasteiger partial charge in [-0.2, -0.15) is 5.26 Å². The third-order valence-electron chi connectivity index (χ3n) is 4.11. The van der Waals surface area contributed by atoms with Gasteiger partial charge >= 0.3 is 0 Å². The summed E-state index contributed by atoms with van der Waals surface area (Å²) in [5.74, 6) is -0.752. The molecule has 0 amide bonds. The molecular formula is C14H17FN2O3S. The molecule has 2 unspecified atom stereocenters. The van der Waals surface area contributed by atoms with E-state index in [1.807, 2.05) is 6.92 Å². The van der Waals surface area contributed by atoms with E-state index in [1.165, 1.54) is 0 Å². The molecule has 0 radical (unpaired) electrons. The van der Waals surface area contributed by atoms with Crippen LogP contribution in [0.2, 0.25) is 0 Å². The summed E-state index contributed by atoms with van der Waals surface area (Å²) in [6, 6.07) is 4.36. The first kappa shape index (κ1) is 15.9. The van der Waals surface area contributed by atoms with E-state index in [9.17, 15) is 17.9 Å². The third kappa shape index (κ3) is 3.07. The zero-order valence-electron chi connectivity index (χ0n) is 11.6. The lowest BCUT2D eigenvalue weighted by Gasteiger charge is -2.29. The van der Waals surface area contributed by atoms with Gasteiger partial charge in [-0.05, 0) is 31.0 Å². The lowest BCUT2D eigenvalue weighted by Crippen LogP contribution is -2.44. The molecule has 1 saturated carbocycles. The Morgan fingerprint density at radius 2 is 2.29 bits per heavy atom. The van der Waals surface area contributed by atoms with E-state index >= 15 is 0 Å². The van der Waals surface area contributed by atoms with Crippen molar-refractivity contribution in [2.75, 3.05) is 6.61 Å². The molecule has 114 valence electrons.